The molecule has 0 aliphatic heterocycles. The molecule has 1 atom stereocenters. The third kappa shape index (κ3) is 3.50. The molecule has 3 nitrogen and oxygen atoms in total. The lowest BCUT2D eigenvalue weighted by Gasteiger charge is -2.19. The van der Waals surface area contributed by atoms with E-state index in [0.717, 1.165) is 33.6 Å². The zero-order chi connectivity index (χ0) is 15.6. The molecule has 0 saturated carbocycles. The Kier molecular flexibility index (Phi) is 5.47. The Morgan fingerprint density at radius 3 is 2.67 bits per heavy atom. The smallest absolute Gasteiger partial charge is 0.0766 e. The highest BCUT2D eigenvalue weighted by Crippen LogP contribution is 2.30. The average Bonchev–Trinajstić information content (AvgIpc) is 2.72. The second kappa shape index (κ2) is 6.95. The van der Waals surface area contributed by atoms with Crippen LogP contribution in [0, 0.1) is 6.92 Å². The Morgan fingerprint density at radius 2 is 2.14 bits per heavy atom. The molecule has 1 unspecified atom stereocenters. The molecule has 0 amide bonds. The van der Waals surface area contributed by atoms with Crippen molar-refractivity contribution in [2.45, 2.75) is 32.7 Å². The summed E-state index contributed by atoms with van der Waals surface area (Å²) in [6.07, 6.45) is 1.76. The van der Waals surface area contributed by atoms with Crippen LogP contribution in [0.15, 0.2) is 22.7 Å². The number of rotatable bonds is 5. The number of hydrogen-bond acceptors (Lipinski definition) is 2. The molecule has 0 aliphatic carbocycles. The van der Waals surface area contributed by atoms with Crippen LogP contribution in [-0.2, 0) is 19.9 Å². The number of aromatic nitrogens is 2. The van der Waals surface area contributed by atoms with E-state index in [-0.39, 0.29) is 6.04 Å². The molecule has 1 aromatic heterocycles. The second-order valence-corrected chi connectivity index (χ2v) is 6.46. The molecule has 21 heavy (non-hydrogen) atoms. The number of hydrogen-bond donors (Lipinski definition) is 1. The molecule has 0 spiro atoms. The Balaban J connectivity index is 2.33. The molecule has 0 bridgehead atoms. The van der Waals surface area contributed by atoms with E-state index < -0.39 is 0 Å². The monoisotopic (exact) mass is 369 g/mol. The lowest BCUT2D eigenvalue weighted by atomic mass is 10.0. The van der Waals surface area contributed by atoms with Gasteiger partial charge >= 0.3 is 0 Å². The molecule has 1 aromatic carbocycles. The molecular weight excluding hydrogens is 350 g/mol. The second-order valence-electron chi connectivity index (χ2n) is 5.25. The summed E-state index contributed by atoms with van der Waals surface area (Å²) in [5.74, 6) is 0. The normalized spacial score (nSPS) is 12.7. The van der Waals surface area contributed by atoms with Crippen molar-refractivity contribution in [3.8, 4) is 0 Å². The van der Waals surface area contributed by atoms with Crippen molar-refractivity contribution in [3.63, 3.8) is 0 Å². The molecular formula is C16H21BrClN3. The summed E-state index contributed by atoms with van der Waals surface area (Å²) in [5.41, 5.74) is 4.57. The first kappa shape index (κ1) is 16.5. The van der Waals surface area contributed by atoms with E-state index in [0.29, 0.717) is 0 Å². The lowest BCUT2D eigenvalue weighted by Crippen LogP contribution is -2.20. The highest BCUT2D eigenvalue weighted by molar-refractivity contribution is 9.10. The van der Waals surface area contributed by atoms with Gasteiger partial charge < -0.3 is 5.32 Å². The molecule has 0 radical (unpaired) electrons. The molecule has 1 N–H and O–H groups in total. The maximum atomic E-state index is 6.41. The summed E-state index contributed by atoms with van der Waals surface area (Å²) in [6, 6.07) is 6.37. The fourth-order valence-electron chi connectivity index (χ4n) is 2.52. The van der Waals surface area contributed by atoms with E-state index >= 15 is 0 Å². The number of halogens is 2. The zero-order valence-corrected chi connectivity index (χ0v) is 15.2. The van der Waals surface area contributed by atoms with E-state index in [1.165, 1.54) is 11.3 Å². The first-order valence-electron chi connectivity index (χ1n) is 7.11. The SMILES string of the molecule is CCc1nn(C)c(CC(NC)c2ccc(C)cc2Cl)c1Br. The first-order chi connectivity index (χ1) is 9.97. The van der Waals surface area contributed by atoms with Gasteiger partial charge in [0.2, 0.25) is 0 Å². The Bertz CT molecular complexity index is 637. The summed E-state index contributed by atoms with van der Waals surface area (Å²) in [6.45, 7) is 4.17. The topological polar surface area (TPSA) is 29.9 Å². The largest absolute Gasteiger partial charge is 0.313 e. The van der Waals surface area contributed by atoms with Crippen molar-refractivity contribution in [2.75, 3.05) is 7.05 Å². The predicted molar refractivity (Wildman–Crippen MR) is 92.0 cm³/mol. The van der Waals surface area contributed by atoms with Crippen molar-refractivity contribution in [3.05, 3.63) is 50.2 Å². The molecule has 0 saturated heterocycles. The van der Waals surface area contributed by atoms with E-state index in [9.17, 15) is 0 Å². The van der Waals surface area contributed by atoms with Crippen molar-refractivity contribution in [1.29, 1.82) is 0 Å². The quantitative estimate of drug-likeness (QED) is 0.854. The third-order valence-electron chi connectivity index (χ3n) is 3.78. The Morgan fingerprint density at radius 1 is 1.43 bits per heavy atom. The van der Waals surface area contributed by atoms with Gasteiger partial charge in [0.1, 0.15) is 0 Å². The predicted octanol–water partition coefficient (Wildman–Crippen LogP) is 4.21. The summed E-state index contributed by atoms with van der Waals surface area (Å²) >= 11 is 10.1. The lowest BCUT2D eigenvalue weighted by molar-refractivity contribution is 0.560. The van der Waals surface area contributed by atoms with E-state index in [1.54, 1.807) is 0 Å². The summed E-state index contributed by atoms with van der Waals surface area (Å²) in [5, 5.41) is 8.73. The van der Waals surface area contributed by atoms with Gasteiger partial charge in [-0.3, -0.25) is 4.68 Å². The summed E-state index contributed by atoms with van der Waals surface area (Å²) < 4.78 is 3.06. The molecule has 0 fully saturated rings. The van der Waals surface area contributed by atoms with Gasteiger partial charge in [-0.05, 0) is 53.5 Å². The van der Waals surface area contributed by atoms with Crippen molar-refractivity contribution < 1.29 is 0 Å². The van der Waals surface area contributed by atoms with Crippen LogP contribution in [0.3, 0.4) is 0 Å². The minimum Gasteiger partial charge on any atom is -0.313 e. The number of nitrogens with one attached hydrogen (secondary N) is 1. The van der Waals surface area contributed by atoms with Crippen LogP contribution in [0.25, 0.3) is 0 Å². The van der Waals surface area contributed by atoms with Crippen LogP contribution in [0.2, 0.25) is 5.02 Å². The van der Waals surface area contributed by atoms with Crippen LogP contribution in [0.4, 0.5) is 0 Å². The van der Waals surface area contributed by atoms with Crippen LogP contribution < -0.4 is 5.32 Å². The molecule has 2 rings (SSSR count). The van der Waals surface area contributed by atoms with Crippen LogP contribution >= 0.6 is 27.5 Å². The summed E-state index contributed by atoms with van der Waals surface area (Å²) in [4.78, 5) is 0. The minimum atomic E-state index is 0.162. The number of benzene rings is 1. The van der Waals surface area contributed by atoms with Gasteiger partial charge in [0, 0.05) is 24.5 Å². The van der Waals surface area contributed by atoms with Gasteiger partial charge in [-0.15, -0.1) is 0 Å². The van der Waals surface area contributed by atoms with Crippen molar-refractivity contribution in [1.82, 2.24) is 15.1 Å². The van der Waals surface area contributed by atoms with Crippen molar-refractivity contribution in [2.24, 2.45) is 7.05 Å². The molecule has 114 valence electrons. The van der Waals surface area contributed by atoms with Gasteiger partial charge in [0.15, 0.2) is 0 Å². The highest BCUT2D eigenvalue weighted by Gasteiger charge is 2.19. The fourth-order valence-corrected chi connectivity index (χ4v) is 3.66. The summed E-state index contributed by atoms with van der Waals surface area (Å²) in [7, 11) is 3.95. The van der Waals surface area contributed by atoms with Crippen LogP contribution in [0.5, 0.6) is 0 Å². The Hall–Kier alpha value is -0.840. The van der Waals surface area contributed by atoms with Crippen molar-refractivity contribution >= 4 is 27.5 Å². The maximum absolute atomic E-state index is 6.41. The van der Waals surface area contributed by atoms with Gasteiger partial charge in [0.25, 0.3) is 0 Å². The van der Waals surface area contributed by atoms with E-state index in [4.69, 9.17) is 11.6 Å². The number of likely N-dealkylation sites (N-methyl/N-ethyl adjacent to an activating group) is 1. The zero-order valence-electron chi connectivity index (χ0n) is 12.9. The number of aryl methyl sites for hydroxylation is 3. The van der Waals surface area contributed by atoms with E-state index in [1.807, 2.05) is 24.8 Å². The average molecular weight is 371 g/mol. The van der Waals surface area contributed by atoms with E-state index in [2.05, 4.69) is 52.3 Å². The van der Waals surface area contributed by atoms with Crippen LogP contribution in [-0.4, -0.2) is 16.8 Å². The first-order valence-corrected chi connectivity index (χ1v) is 8.28. The number of nitrogens with zero attached hydrogens (tertiary/aromatic N) is 2. The fraction of sp³-hybridized carbons (Fsp3) is 0.438. The molecule has 1 heterocycles. The highest BCUT2D eigenvalue weighted by atomic mass is 79.9. The third-order valence-corrected chi connectivity index (χ3v) is 5.02. The standard InChI is InChI=1S/C16H21BrClN3/c1-5-13-16(17)15(21(4)20-13)9-14(19-3)11-7-6-10(2)8-12(11)18/h6-8,14,19H,5,9H2,1-4H3. The maximum Gasteiger partial charge on any atom is 0.0766 e. The minimum absolute atomic E-state index is 0.162. The molecule has 2 aromatic rings. The van der Waals surface area contributed by atoms with Gasteiger partial charge in [-0.25, -0.2) is 0 Å². The van der Waals surface area contributed by atoms with Gasteiger partial charge in [-0.2, -0.15) is 5.10 Å². The van der Waals surface area contributed by atoms with Gasteiger partial charge in [0.05, 0.1) is 15.9 Å². The molecule has 0 aliphatic rings. The van der Waals surface area contributed by atoms with Gasteiger partial charge in [-0.1, -0.05) is 30.7 Å². The Labute approximate surface area is 139 Å². The molecule has 5 heteroatoms. The van der Waals surface area contributed by atoms with Crippen LogP contribution in [0.1, 0.15) is 35.5 Å².